The smallest absolute Gasteiger partial charge is 0.329 e. The van der Waals surface area contributed by atoms with Gasteiger partial charge in [-0.25, -0.2) is 4.79 Å². The van der Waals surface area contributed by atoms with Gasteiger partial charge in [0.05, 0.1) is 12.1 Å². The highest BCUT2D eigenvalue weighted by molar-refractivity contribution is 5.94. The number of rotatable bonds is 9. The van der Waals surface area contributed by atoms with E-state index in [9.17, 15) is 24.0 Å². The monoisotopic (exact) mass is 443 g/mol. The molecule has 0 aromatic carbocycles. The van der Waals surface area contributed by atoms with Crippen LogP contribution in [0.2, 0.25) is 0 Å². The van der Waals surface area contributed by atoms with Crippen molar-refractivity contribution in [1.29, 1.82) is 0 Å². The zero-order valence-corrected chi connectivity index (χ0v) is 18.8. The van der Waals surface area contributed by atoms with Crippen LogP contribution in [0.1, 0.15) is 34.1 Å². The number of hydrogen-bond donors (Lipinski definition) is 4. The zero-order valence-electron chi connectivity index (χ0n) is 18.8. The van der Waals surface area contributed by atoms with Gasteiger partial charge in [0.15, 0.2) is 6.10 Å². The second kappa shape index (κ2) is 11.6. The van der Waals surface area contributed by atoms with E-state index in [1.54, 1.807) is 0 Å². The Kier molecular flexibility index (Phi) is 9.85. The van der Waals surface area contributed by atoms with E-state index >= 15 is 0 Å². The van der Waals surface area contributed by atoms with E-state index in [4.69, 9.17) is 15.2 Å². The summed E-state index contributed by atoms with van der Waals surface area (Å²) in [7, 11) is 2.88. The summed E-state index contributed by atoms with van der Waals surface area (Å²) >= 11 is 0. The molecule has 12 nitrogen and oxygen atoms in total. The number of nitrogens with one attached hydrogen (secondary N) is 3. The molecule has 1 heterocycles. The third kappa shape index (κ3) is 7.17. The minimum atomic E-state index is -1.05. The number of nitrogens with two attached hydrogens (primary N) is 1. The highest BCUT2D eigenvalue weighted by atomic mass is 16.5. The predicted molar refractivity (Wildman–Crippen MR) is 109 cm³/mol. The fourth-order valence-corrected chi connectivity index (χ4v) is 3.02. The lowest BCUT2D eigenvalue weighted by Crippen LogP contribution is -2.55. The van der Waals surface area contributed by atoms with Crippen LogP contribution in [0.3, 0.4) is 0 Å². The van der Waals surface area contributed by atoms with Gasteiger partial charge < -0.3 is 36.1 Å². The molecule has 4 amide bonds. The molecule has 0 radical (unpaired) electrons. The summed E-state index contributed by atoms with van der Waals surface area (Å²) in [6.07, 6.45) is -1.18. The van der Waals surface area contributed by atoms with Crippen molar-refractivity contribution in [2.75, 3.05) is 20.7 Å². The SMILES string of the molecule is CNC(=O)C(C)OC(=O)C(C)NC(=O)C1CC(OC)CN1C(=O)C(C)NC(=O)C(C)N. The fourth-order valence-electron chi connectivity index (χ4n) is 3.02. The first-order valence-corrected chi connectivity index (χ1v) is 10.0. The standard InChI is InChI=1S/C19H33N5O7/c1-9(20)15(25)22-10(2)18(28)24-8-13(30-6)7-14(24)17(27)23-11(3)19(29)31-12(4)16(26)21-5/h9-14H,7-8,20H2,1-6H3,(H,21,26)(H,22,25)(H,23,27). The third-order valence-electron chi connectivity index (χ3n) is 4.95. The average Bonchev–Trinajstić information content (AvgIpc) is 3.16. The highest BCUT2D eigenvalue weighted by Crippen LogP contribution is 2.21. The quantitative estimate of drug-likeness (QED) is 0.287. The van der Waals surface area contributed by atoms with E-state index in [2.05, 4.69) is 16.0 Å². The molecule has 0 aromatic heterocycles. The molecular formula is C19H33N5O7. The third-order valence-corrected chi connectivity index (χ3v) is 4.95. The average molecular weight is 444 g/mol. The Morgan fingerprint density at radius 3 is 2.13 bits per heavy atom. The minimum absolute atomic E-state index is 0.151. The number of esters is 1. The van der Waals surface area contributed by atoms with Crippen molar-refractivity contribution in [2.24, 2.45) is 5.73 Å². The first-order valence-electron chi connectivity index (χ1n) is 10.0. The molecule has 0 saturated carbocycles. The first kappa shape index (κ1) is 26.3. The summed E-state index contributed by atoms with van der Waals surface area (Å²) in [6.45, 7) is 5.96. The van der Waals surface area contributed by atoms with Crippen LogP contribution in [0.5, 0.6) is 0 Å². The Hall–Kier alpha value is -2.73. The molecule has 6 unspecified atom stereocenters. The molecule has 6 atom stereocenters. The highest BCUT2D eigenvalue weighted by Gasteiger charge is 2.42. The lowest BCUT2D eigenvalue weighted by molar-refractivity contribution is -0.157. The summed E-state index contributed by atoms with van der Waals surface area (Å²) in [5.74, 6) is -2.81. The first-order chi connectivity index (χ1) is 14.4. The fraction of sp³-hybridized carbons (Fsp3) is 0.737. The molecule has 1 aliphatic heterocycles. The van der Waals surface area contributed by atoms with E-state index in [0.29, 0.717) is 0 Å². The van der Waals surface area contributed by atoms with Gasteiger partial charge in [0, 0.05) is 27.1 Å². The number of likely N-dealkylation sites (tertiary alicyclic amines) is 1. The van der Waals surface area contributed by atoms with E-state index < -0.39 is 59.9 Å². The summed E-state index contributed by atoms with van der Waals surface area (Å²) in [5.41, 5.74) is 5.51. The number of methoxy groups -OCH3 is 1. The van der Waals surface area contributed by atoms with Crippen molar-refractivity contribution in [3.8, 4) is 0 Å². The van der Waals surface area contributed by atoms with E-state index in [1.807, 2.05) is 0 Å². The van der Waals surface area contributed by atoms with Crippen LogP contribution >= 0.6 is 0 Å². The van der Waals surface area contributed by atoms with Gasteiger partial charge >= 0.3 is 5.97 Å². The maximum atomic E-state index is 12.9. The van der Waals surface area contributed by atoms with Crippen LogP contribution in [-0.4, -0.2) is 91.6 Å². The topological polar surface area (TPSA) is 169 Å². The van der Waals surface area contributed by atoms with Crippen LogP contribution in [0.15, 0.2) is 0 Å². The molecule has 0 bridgehead atoms. The van der Waals surface area contributed by atoms with Crippen LogP contribution in [0.25, 0.3) is 0 Å². The molecule has 0 spiro atoms. The summed E-state index contributed by atoms with van der Waals surface area (Å²) in [5, 5.41) is 7.37. The summed E-state index contributed by atoms with van der Waals surface area (Å²) in [4.78, 5) is 62.4. The van der Waals surface area contributed by atoms with Crippen molar-refractivity contribution < 1.29 is 33.4 Å². The molecule has 1 fully saturated rings. The number of carbonyl (C=O) groups is 5. The lowest BCUT2D eigenvalue weighted by atomic mass is 10.1. The second-order valence-corrected chi connectivity index (χ2v) is 7.54. The lowest BCUT2D eigenvalue weighted by Gasteiger charge is -2.28. The van der Waals surface area contributed by atoms with Crippen molar-refractivity contribution in [2.45, 2.75) is 70.5 Å². The number of nitrogens with zero attached hydrogens (tertiary/aromatic N) is 1. The molecule has 1 rings (SSSR count). The minimum Gasteiger partial charge on any atom is -0.451 e. The van der Waals surface area contributed by atoms with Crippen molar-refractivity contribution in [3.05, 3.63) is 0 Å². The number of hydrogen-bond acceptors (Lipinski definition) is 8. The van der Waals surface area contributed by atoms with E-state index in [-0.39, 0.29) is 19.1 Å². The molecule has 31 heavy (non-hydrogen) atoms. The van der Waals surface area contributed by atoms with Gasteiger partial charge in [0.25, 0.3) is 5.91 Å². The van der Waals surface area contributed by atoms with Gasteiger partial charge in [0.1, 0.15) is 18.1 Å². The molecule has 0 aromatic rings. The van der Waals surface area contributed by atoms with Crippen LogP contribution < -0.4 is 21.7 Å². The van der Waals surface area contributed by atoms with Crippen LogP contribution in [0, 0.1) is 0 Å². The summed E-state index contributed by atoms with van der Waals surface area (Å²) in [6, 6.07) is -3.64. The molecule has 176 valence electrons. The Bertz CT molecular complexity index is 699. The second-order valence-electron chi connectivity index (χ2n) is 7.54. The largest absolute Gasteiger partial charge is 0.451 e. The molecule has 1 aliphatic rings. The molecule has 12 heteroatoms. The zero-order chi connectivity index (χ0) is 23.9. The number of carbonyl (C=O) groups excluding carboxylic acids is 5. The molecule has 5 N–H and O–H groups in total. The maximum absolute atomic E-state index is 12.9. The number of likely N-dealkylation sites (N-methyl/N-ethyl adjacent to an activating group) is 1. The Morgan fingerprint density at radius 2 is 1.61 bits per heavy atom. The number of ether oxygens (including phenoxy) is 2. The van der Waals surface area contributed by atoms with Gasteiger partial charge in [-0.3, -0.25) is 19.2 Å². The number of amides is 4. The van der Waals surface area contributed by atoms with E-state index in [1.165, 1.54) is 46.8 Å². The van der Waals surface area contributed by atoms with Gasteiger partial charge in [-0.2, -0.15) is 0 Å². The van der Waals surface area contributed by atoms with Crippen molar-refractivity contribution in [3.63, 3.8) is 0 Å². The Balaban J connectivity index is 2.82. The Morgan fingerprint density at radius 1 is 1.00 bits per heavy atom. The van der Waals surface area contributed by atoms with Crippen LogP contribution in [-0.2, 0) is 33.4 Å². The Labute approximate surface area is 181 Å². The van der Waals surface area contributed by atoms with Gasteiger partial charge in [-0.15, -0.1) is 0 Å². The van der Waals surface area contributed by atoms with Gasteiger partial charge in [0.2, 0.25) is 17.7 Å². The maximum Gasteiger partial charge on any atom is 0.329 e. The molecular weight excluding hydrogens is 410 g/mol. The predicted octanol–water partition coefficient (Wildman–Crippen LogP) is -2.36. The van der Waals surface area contributed by atoms with E-state index in [0.717, 1.165) is 0 Å². The molecule has 1 saturated heterocycles. The normalized spacial score (nSPS) is 22.0. The van der Waals surface area contributed by atoms with Gasteiger partial charge in [-0.1, -0.05) is 0 Å². The van der Waals surface area contributed by atoms with Crippen molar-refractivity contribution in [1.82, 2.24) is 20.9 Å². The molecule has 0 aliphatic carbocycles. The van der Waals surface area contributed by atoms with Crippen molar-refractivity contribution >= 4 is 29.6 Å². The van der Waals surface area contributed by atoms with Crippen LogP contribution in [0.4, 0.5) is 0 Å². The summed E-state index contributed by atoms with van der Waals surface area (Å²) < 4.78 is 10.3. The van der Waals surface area contributed by atoms with Gasteiger partial charge in [-0.05, 0) is 27.7 Å².